The largest absolute Gasteiger partial charge is 0.380 e. The van der Waals surface area contributed by atoms with E-state index in [1.165, 1.54) is 5.56 Å². The van der Waals surface area contributed by atoms with Crippen molar-refractivity contribution >= 4 is 17.3 Å². The second-order valence-corrected chi connectivity index (χ2v) is 6.15. The van der Waals surface area contributed by atoms with Gasteiger partial charge in [-0.05, 0) is 24.0 Å². The zero-order valence-corrected chi connectivity index (χ0v) is 11.9. The van der Waals surface area contributed by atoms with Gasteiger partial charge >= 0.3 is 0 Å². The standard InChI is InChI=1S/C15H22N2O/c1-10-9-13(18)17(5)12-8-6-7-11(14(12)16-10)15(2,3)4/h6-8,10,16H,9H2,1-5H3. The SMILES string of the molecule is CC1CC(=O)N(C)c2cccc(C(C)(C)C)c2N1. The van der Waals surface area contributed by atoms with E-state index < -0.39 is 0 Å². The molecule has 1 aliphatic heterocycles. The van der Waals surface area contributed by atoms with Crippen LogP contribution in [-0.4, -0.2) is 19.0 Å². The Bertz CT molecular complexity index is 474. The molecule has 1 atom stereocenters. The number of rotatable bonds is 0. The summed E-state index contributed by atoms with van der Waals surface area (Å²) in [6, 6.07) is 6.35. The van der Waals surface area contributed by atoms with Crippen molar-refractivity contribution in [2.45, 2.75) is 45.6 Å². The highest BCUT2D eigenvalue weighted by atomic mass is 16.2. The van der Waals surface area contributed by atoms with E-state index in [1.807, 2.05) is 19.2 Å². The van der Waals surface area contributed by atoms with E-state index in [0.717, 1.165) is 11.4 Å². The van der Waals surface area contributed by atoms with Crippen molar-refractivity contribution in [1.82, 2.24) is 0 Å². The van der Waals surface area contributed by atoms with Crippen LogP contribution in [0.3, 0.4) is 0 Å². The number of fused-ring (bicyclic) bond motifs is 1. The van der Waals surface area contributed by atoms with Crippen molar-refractivity contribution in [3.63, 3.8) is 0 Å². The number of hydrogen-bond acceptors (Lipinski definition) is 2. The van der Waals surface area contributed by atoms with E-state index in [9.17, 15) is 4.79 Å². The third-order valence-electron chi connectivity index (χ3n) is 3.46. The number of nitrogens with zero attached hydrogens (tertiary/aromatic N) is 1. The van der Waals surface area contributed by atoms with Crippen LogP contribution >= 0.6 is 0 Å². The predicted molar refractivity (Wildman–Crippen MR) is 76.3 cm³/mol. The summed E-state index contributed by atoms with van der Waals surface area (Å²) in [7, 11) is 1.85. The number of benzene rings is 1. The lowest BCUT2D eigenvalue weighted by molar-refractivity contribution is -0.118. The predicted octanol–water partition coefficient (Wildman–Crippen LogP) is 3.15. The Kier molecular flexibility index (Phi) is 3.09. The Morgan fingerprint density at radius 1 is 1.33 bits per heavy atom. The number of amides is 1. The van der Waals surface area contributed by atoms with Crippen LogP contribution in [0.25, 0.3) is 0 Å². The first-order valence-corrected chi connectivity index (χ1v) is 6.47. The molecule has 1 unspecified atom stereocenters. The molecule has 18 heavy (non-hydrogen) atoms. The van der Waals surface area contributed by atoms with Crippen molar-refractivity contribution in [3.05, 3.63) is 23.8 Å². The molecule has 1 N–H and O–H groups in total. The molecule has 3 heteroatoms. The van der Waals surface area contributed by atoms with Gasteiger partial charge in [-0.15, -0.1) is 0 Å². The van der Waals surface area contributed by atoms with Crippen molar-refractivity contribution in [1.29, 1.82) is 0 Å². The minimum Gasteiger partial charge on any atom is -0.380 e. The summed E-state index contributed by atoms with van der Waals surface area (Å²) in [4.78, 5) is 13.8. The number of para-hydroxylation sites is 1. The third kappa shape index (κ3) is 2.22. The fourth-order valence-electron chi connectivity index (χ4n) is 2.43. The Morgan fingerprint density at radius 3 is 2.61 bits per heavy atom. The summed E-state index contributed by atoms with van der Waals surface area (Å²) in [6.07, 6.45) is 0.536. The lowest BCUT2D eigenvalue weighted by atomic mass is 9.85. The fraction of sp³-hybridized carbons (Fsp3) is 0.533. The van der Waals surface area contributed by atoms with Crippen LogP contribution < -0.4 is 10.2 Å². The number of anilines is 2. The molecule has 3 nitrogen and oxygen atoms in total. The van der Waals surface area contributed by atoms with Gasteiger partial charge < -0.3 is 10.2 Å². The molecule has 1 amide bonds. The molecule has 1 aliphatic rings. The molecule has 0 saturated heterocycles. The van der Waals surface area contributed by atoms with Gasteiger partial charge in [-0.2, -0.15) is 0 Å². The summed E-state index contributed by atoms with van der Waals surface area (Å²) in [5.41, 5.74) is 3.41. The second-order valence-electron chi connectivity index (χ2n) is 6.15. The molecule has 98 valence electrons. The number of hydrogen-bond donors (Lipinski definition) is 1. The Labute approximate surface area is 109 Å². The Morgan fingerprint density at radius 2 is 2.00 bits per heavy atom. The van der Waals surface area contributed by atoms with Crippen molar-refractivity contribution in [3.8, 4) is 0 Å². The molecule has 1 aromatic carbocycles. The second kappa shape index (κ2) is 4.30. The Balaban J connectivity index is 2.61. The molecule has 0 aliphatic carbocycles. The van der Waals surface area contributed by atoms with Crippen LogP contribution in [0.4, 0.5) is 11.4 Å². The zero-order valence-electron chi connectivity index (χ0n) is 11.9. The smallest absolute Gasteiger partial charge is 0.228 e. The summed E-state index contributed by atoms with van der Waals surface area (Å²) in [6.45, 7) is 8.64. The number of carbonyl (C=O) groups is 1. The van der Waals surface area contributed by atoms with E-state index in [2.05, 4.69) is 39.1 Å². The molecule has 1 heterocycles. The van der Waals surface area contributed by atoms with Crippen LogP contribution in [0, 0.1) is 0 Å². The van der Waals surface area contributed by atoms with Gasteiger partial charge in [-0.25, -0.2) is 0 Å². The Hall–Kier alpha value is -1.51. The third-order valence-corrected chi connectivity index (χ3v) is 3.46. The lowest BCUT2D eigenvalue weighted by Crippen LogP contribution is -2.27. The molecule has 0 spiro atoms. The van der Waals surface area contributed by atoms with E-state index in [-0.39, 0.29) is 17.4 Å². The maximum atomic E-state index is 12.0. The lowest BCUT2D eigenvalue weighted by Gasteiger charge is -2.27. The van der Waals surface area contributed by atoms with E-state index in [0.29, 0.717) is 6.42 Å². The highest BCUT2D eigenvalue weighted by Crippen LogP contribution is 2.38. The molecule has 2 rings (SSSR count). The topological polar surface area (TPSA) is 32.3 Å². The average molecular weight is 246 g/mol. The highest BCUT2D eigenvalue weighted by molar-refractivity contribution is 5.98. The first-order chi connectivity index (χ1) is 8.30. The molecule has 0 fully saturated rings. The van der Waals surface area contributed by atoms with Crippen LogP contribution in [0.2, 0.25) is 0 Å². The van der Waals surface area contributed by atoms with Crippen molar-refractivity contribution in [2.75, 3.05) is 17.3 Å². The number of nitrogens with one attached hydrogen (secondary N) is 1. The van der Waals surface area contributed by atoms with Gasteiger partial charge in [0.05, 0.1) is 11.4 Å². The first kappa shape index (κ1) is 12.9. The summed E-state index contributed by atoms with van der Waals surface area (Å²) in [5.74, 6) is 0.166. The normalized spacial score (nSPS) is 20.2. The van der Waals surface area contributed by atoms with E-state index in [4.69, 9.17) is 0 Å². The van der Waals surface area contributed by atoms with Gasteiger partial charge in [-0.3, -0.25) is 4.79 Å². The monoisotopic (exact) mass is 246 g/mol. The van der Waals surface area contributed by atoms with E-state index >= 15 is 0 Å². The molecular formula is C15H22N2O. The average Bonchev–Trinajstić information content (AvgIpc) is 2.35. The van der Waals surface area contributed by atoms with Crippen LogP contribution in [0.1, 0.15) is 39.7 Å². The molecule has 0 bridgehead atoms. The van der Waals surface area contributed by atoms with Crippen molar-refractivity contribution in [2.24, 2.45) is 0 Å². The van der Waals surface area contributed by atoms with Gasteiger partial charge in [0.2, 0.25) is 5.91 Å². The molecule has 0 radical (unpaired) electrons. The van der Waals surface area contributed by atoms with E-state index in [1.54, 1.807) is 4.90 Å². The van der Waals surface area contributed by atoms with Gasteiger partial charge in [0, 0.05) is 19.5 Å². The van der Waals surface area contributed by atoms with Gasteiger partial charge in [0.15, 0.2) is 0 Å². The maximum absolute atomic E-state index is 12.0. The van der Waals surface area contributed by atoms with Crippen LogP contribution in [-0.2, 0) is 10.2 Å². The number of carbonyl (C=O) groups excluding carboxylic acids is 1. The van der Waals surface area contributed by atoms with Crippen LogP contribution in [0.5, 0.6) is 0 Å². The van der Waals surface area contributed by atoms with Gasteiger partial charge in [-0.1, -0.05) is 32.9 Å². The summed E-state index contributed by atoms with van der Waals surface area (Å²) < 4.78 is 0. The minimum atomic E-state index is 0.0618. The highest BCUT2D eigenvalue weighted by Gasteiger charge is 2.27. The van der Waals surface area contributed by atoms with Gasteiger partial charge in [0.25, 0.3) is 0 Å². The first-order valence-electron chi connectivity index (χ1n) is 6.47. The maximum Gasteiger partial charge on any atom is 0.228 e. The fourth-order valence-corrected chi connectivity index (χ4v) is 2.43. The molecule has 0 saturated carbocycles. The summed E-state index contributed by atoms with van der Waals surface area (Å²) in [5, 5.41) is 3.50. The molecule has 0 aromatic heterocycles. The molecule has 1 aromatic rings. The van der Waals surface area contributed by atoms with Crippen LogP contribution in [0.15, 0.2) is 18.2 Å². The molecular weight excluding hydrogens is 224 g/mol. The minimum absolute atomic E-state index is 0.0618. The quantitative estimate of drug-likeness (QED) is 0.762. The van der Waals surface area contributed by atoms with Gasteiger partial charge in [0.1, 0.15) is 0 Å². The summed E-state index contributed by atoms with van der Waals surface area (Å²) >= 11 is 0. The zero-order chi connectivity index (χ0) is 13.5. The van der Waals surface area contributed by atoms with Crippen molar-refractivity contribution < 1.29 is 4.79 Å².